The topological polar surface area (TPSA) is 21.3 Å². The number of nitrogens with one attached hydrogen (secondary N) is 1. The van der Waals surface area contributed by atoms with Crippen LogP contribution in [0.1, 0.15) is 20.3 Å². The van der Waals surface area contributed by atoms with Gasteiger partial charge in [-0.1, -0.05) is 15.9 Å². The van der Waals surface area contributed by atoms with Gasteiger partial charge in [-0.25, -0.2) is 0 Å². The van der Waals surface area contributed by atoms with Gasteiger partial charge >= 0.3 is 6.36 Å². The molecule has 0 aromatic carbocycles. The van der Waals surface area contributed by atoms with Crippen LogP contribution in [0.4, 0.5) is 13.2 Å². The highest BCUT2D eigenvalue weighted by molar-refractivity contribution is 9.09. The van der Waals surface area contributed by atoms with Gasteiger partial charge in [-0.2, -0.15) is 0 Å². The molecule has 14 heavy (non-hydrogen) atoms. The molecule has 6 heteroatoms. The van der Waals surface area contributed by atoms with Gasteiger partial charge in [-0.15, -0.1) is 13.2 Å². The summed E-state index contributed by atoms with van der Waals surface area (Å²) in [6, 6.07) is 0. The molecule has 0 unspecified atom stereocenters. The Labute approximate surface area is 90.3 Å². The molecule has 0 fully saturated rings. The van der Waals surface area contributed by atoms with E-state index in [4.69, 9.17) is 0 Å². The summed E-state index contributed by atoms with van der Waals surface area (Å²) in [5.41, 5.74) is -0.168. The van der Waals surface area contributed by atoms with Gasteiger partial charge in [0.15, 0.2) is 0 Å². The van der Waals surface area contributed by atoms with E-state index in [2.05, 4.69) is 26.0 Å². The summed E-state index contributed by atoms with van der Waals surface area (Å²) in [5, 5.41) is 3.79. The molecule has 0 aliphatic carbocycles. The maximum absolute atomic E-state index is 11.6. The van der Waals surface area contributed by atoms with E-state index >= 15 is 0 Å². The third kappa shape index (κ3) is 8.77. The van der Waals surface area contributed by atoms with Crippen molar-refractivity contribution in [1.29, 1.82) is 0 Å². The second kappa shape index (κ2) is 5.92. The maximum atomic E-state index is 11.6. The van der Waals surface area contributed by atoms with Crippen molar-refractivity contribution in [2.75, 3.05) is 18.5 Å². The molecule has 0 aromatic heterocycles. The van der Waals surface area contributed by atoms with E-state index in [1.165, 1.54) is 0 Å². The Balaban J connectivity index is 3.54. The summed E-state index contributed by atoms with van der Waals surface area (Å²) in [7, 11) is 0. The van der Waals surface area contributed by atoms with Crippen molar-refractivity contribution in [2.45, 2.75) is 32.2 Å². The molecule has 0 rings (SSSR count). The van der Waals surface area contributed by atoms with Gasteiger partial charge in [0.2, 0.25) is 0 Å². The van der Waals surface area contributed by atoms with Crippen LogP contribution in [0.5, 0.6) is 0 Å². The van der Waals surface area contributed by atoms with Crippen LogP contribution in [0.2, 0.25) is 0 Å². The molecule has 0 saturated carbocycles. The van der Waals surface area contributed by atoms with Crippen LogP contribution >= 0.6 is 15.9 Å². The Morgan fingerprint density at radius 2 is 1.86 bits per heavy atom. The second-order valence-corrected chi connectivity index (χ2v) is 4.34. The molecule has 0 amide bonds. The zero-order valence-corrected chi connectivity index (χ0v) is 9.83. The van der Waals surface area contributed by atoms with Crippen LogP contribution in [-0.4, -0.2) is 30.4 Å². The van der Waals surface area contributed by atoms with Crippen molar-refractivity contribution in [2.24, 2.45) is 0 Å². The Kier molecular flexibility index (Phi) is 6.00. The summed E-state index contributed by atoms with van der Waals surface area (Å²) < 4.78 is 38.3. The Morgan fingerprint density at radius 1 is 1.29 bits per heavy atom. The monoisotopic (exact) mass is 277 g/mol. The van der Waals surface area contributed by atoms with Gasteiger partial charge < -0.3 is 5.32 Å². The molecule has 0 spiro atoms. The molecule has 0 aromatic rings. The van der Waals surface area contributed by atoms with Gasteiger partial charge in [-0.05, 0) is 20.3 Å². The van der Waals surface area contributed by atoms with Gasteiger partial charge in [0, 0.05) is 17.4 Å². The van der Waals surface area contributed by atoms with E-state index in [-0.39, 0.29) is 18.7 Å². The van der Waals surface area contributed by atoms with Crippen molar-refractivity contribution < 1.29 is 17.9 Å². The molecule has 2 nitrogen and oxygen atoms in total. The lowest BCUT2D eigenvalue weighted by Gasteiger charge is -2.25. The molecular formula is C8H15BrF3NO. The van der Waals surface area contributed by atoms with Crippen LogP contribution in [0.15, 0.2) is 0 Å². The van der Waals surface area contributed by atoms with Crippen LogP contribution in [-0.2, 0) is 4.74 Å². The normalized spacial score (nSPS) is 13.3. The van der Waals surface area contributed by atoms with Crippen molar-refractivity contribution >= 4 is 15.9 Å². The minimum Gasteiger partial charge on any atom is -0.309 e. The third-order valence-corrected chi connectivity index (χ3v) is 2.09. The first-order valence-electron chi connectivity index (χ1n) is 4.28. The summed E-state index contributed by atoms with van der Waals surface area (Å²) >= 11 is 3.27. The lowest BCUT2D eigenvalue weighted by molar-refractivity contribution is -0.323. The van der Waals surface area contributed by atoms with Crippen LogP contribution in [0.3, 0.4) is 0 Å². The number of ether oxygens (including phenoxy) is 1. The first kappa shape index (κ1) is 14.2. The van der Waals surface area contributed by atoms with Gasteiger partial charge in [0.1, 0.15) is 0 Å². The molecule has 0 heterocycles. The summed E-state index contributed by atoms with van der Waals surface area (Å²) in [6.45, 7) is 3.71. The molecule has 0 radical (unpaired) electrons. The third-order valence-electron chi connectivity index (χ3n) is 1.69. The molecule has 86 valence electrons. The fraction of sp³-hybridized carbons (Fsp3) is 1.00. The van der Waals surface area contributed by atoms with Crippen molar-refractivity contribution in [1.82, 2.24) is 5.32 Å². The second-order valence-electron chi connectivity index (χ2n) is 3.54. The minimum absolute atomic E-state index is 0.168. The van der Waals surface area contributed by atoms with Crippen LogP contribution in [0, 0.1) is 0 Å². The van der Waals surface area contributed by atoms with Gasteiger partial charge in [0.05, 0.1) is 6.61 Å². The molecular weight excluding hydrogens is 263 g/mol. The fourth-order valence-electron chi connectivity index (χ4n) is 0.881. The lowest BCUT2D eigenvalue weighted by atomic mass is 10.0. The van der Waals surface area contributed by atoms with E-state index in [0.29, 0.717) is 0 Å². The fourth-order valence-corrected chi connectivity index (χ4v) is 1.87. The highest BCUT2D eigenvalue weighted by Gasteiger charge is 2.28. The highest BCUT2D eigenvalue weighted by Crippen LogP contribution is 2.15. The van der Waals surface area contributed by atoms with Gasteiger partial charge in [-0.3, -0.25) is 4.74 Å². The predicted octanol–water partition coefficient (Wildman–Crippen LogP) is 2.68. The average molecular weight is 278 g/mol. The number of hydrogen-bond donors (Lipinski definition) is 1. The quantitative estimate of drug-likeness (QED) is 0.595. The summed E-state index contributed by atoms with van der Waals surface area (Å²) in [4.78, 5) is 0. The highest BCUT2D eigenvalue weighted by atomic mass is 79.9. The zero-order valence-electron chi connectivity index (χ0n) is 8.25. The molecule has 0 atom stereocenters. The summed E-state index contributed by atoms with van der Waals surface area (Å²) in [5.74, 6) is 0. The predicted molar refractivity (Wildman–Crippen MR) is 52.5 cm³/mol. The lowest BCUT2D eigenvalue weighted by Crippen LogP contribution is -2.41. The SMILES string of the molecule is CC(C)(CCBr)NCCOC(F)(F)F. The first-order valence-corrected chi connectivity index (χ1v) is 5.41. The Morgan fingerprint density at radius 3 is 2.29 bits per heavy atom. The molecule has 0 saturated heterocycles. The molecule has 0 aliphatic rings. The molecule has 0 bridgehead atoms. The van der Waals surface area contributed by atoms with Crippen molar-refractivity contribution in [3.63, 3.8) is 0 Å². The number of alkyl halides is 4. The molecule has 0 aliphatic heterocycles. The number of hydrogen-bond acceptors (Lipinski definition) is 2. The van der Waals surface area contributed by atoms with E-state index in [1.807, 2.05) is 13.8 Å². The zero-order chi connectivity index (χ0) is 11.2. The van der Waals surface area contributed by atoms with Crippen LogP contribution in [0.25, 0.3) is 0 Å². The number of halogens is 4. The van der Waals surface area contributed by atoms with Gasteiger partial charge in [0.25, 0.3) is 0 Å². The smallest absolute Gasteiger partial charge is 0.309 e. The van der Waals surface area contributed by atoms with E-state index in [0.717, 1.165) is 11.8 Å². The standard InChI is InChI=1S/C8H15BrF3NO/c1-7(2,3-4-9)13-5-6-14-8(10,11)12/h13H,3-6H2,1-2H3. The maximum Gasteiger partial charge on any atom is 0.522 e. The largest absolute Gasteiger partial charge is 0.522 e. The Bertz CT molecular complexity index is 161. The van der Waals surface area contributed by atoms with E-state index < -0.39 is 6.36 Å². The summed E-state index contributed by atoms with van der Waals surface area (Å²) in [6.07, 6.45) is -3.68. The first-order chi connectivity index (χ1) is 6.27. The molecule has 1 N–H and O–H groups in total. The van der Waals surface area contributed by atoms with Crippen molar-refractivity contribution in [3.05, 3.63) is 0 Å². The van der Waals surface area contributed by atoms with E-state index in [1.54, 1.807) is 0 Å². The van der Waals surface area contributed by atoms with Crippen LogP contribution < -0.4 is 5.32 Å². The average Bonchev–Trinajstić information content (AvgIpc) is 1.96. The minimum atomic E-state index is -4.53. The Hall–Kier alpha value is 0.190. The van der Waals surface area contributed by atoms with Crippen molar-refractivity contribution in [3.8, 4) is 0 Å². The van der Waals surface area contributed by atoms with E-state index in [9.17, 15) is 13.2 Å². The number of rotatable bonds is 6.